The van der Waals surface area contributed by atoms with E-state index in [9.17, 15) is 0 Å². The van der Waals surface area contributed by atoms with Crippen molar-refractivity contribution in [2.24, 2.45) is 0 Å². The predicted octanol–water partition coefficient (Wildman–Crippen LogP) is -2.23. The van der Waals surface area contributed by atoms with Crippen molar-refractivity contribution >= 4 is 16.4 Å². The first-order chi connectivity index (χ1) is 7.25. The van der Waals surface area contributed by atoms with E-state index in [2.05, 4.69) is 25.2 Å². The van der Waals surface area contributed by atoms with Gasteiger partial charge in [-0.3, -0.25) is 9.48 Å². The zero-order chi connectivity index (χ0) is 13.7. The molecule has 0 rings (SSSR count). The van der Waals surface area contributed by atoms with E-state index in [1.807, 2.05) is 88.7 Å². The Bertz CT molecular complexity index is 154. The Balaban J connectivity index is -0.0000000823. The fourth-order valence-corrected chi connectivity index (χ4v) is 0.924. The van der Waals surface area contributed by atoms with E-state index in [1.54, 1.807) is 0 Å². The summed E-state index contributed by atoms with van der Waals surface area (Å²) in [7, 11) is 20.2. The summed E-state index contributed by atoms with van der Waals surface area (Å²) in [6, 6.07) is 0. The van der Waals surface area contributed by atoms with Crippen molar-refractivity contribution in [3.05, 3.63) is 6.67 Å². The molecule has 0 aromatic heterocycles. The molecular weight excluding hydrogens is 311 g/mol. The summed E-state index contributed by atoms with van der Waals surface area (Å²) in [4.78, 5) is 6.00. The van der Waals surface area contributed by atoms with Gasteiger partial charge in [-0.2, -0.15) is 0 Å². The van der Waals surface area contributed by atoms with E-state index in [-0.39, 0.29) is 12.4 Å². The van der Waals surface area contributed by atoms with Gasteiger partial charge in [-0.15, -0.1) is 0 Å². The first kappa shape index (κ1) is 26.1. The Labute approximate surface area is 126 Å². The molecule has 0 spiro atoms. The van der Waals surface area contributed by atoms with Gasteiger partial charge in [-0.05, 0) is 28.2 Å². The van der Waals surface area contributed by atoms with Crippen molar-refractivity contribution in [1.29, 1.82) is 0 Å². The molecule has 7 heteroatoms. The van der Waals surface area contributed by atoms with Gasteiger partial charge >= 0.3 is 25.2 Å². The fraction of sp³-hybridized carbons (Fsp3) is 0.800. The SMILES string of the molecule is CN(C)C=[N+](C)C.CN(C)[CH-]N(C)C.[Cl-].[Cl][Cu+]. The number of rotatable bonds is 3. The van der Waals surface area contributed by atoms with E-state index >= 15 is 0 Å². The number of hydrogen-bond donors (Lipinski definition) is 0. The Kier molecular flexibility index (Phi) is 29.0. The molecule has 0 N–H and O–H groups in total. The number of hydrogen-bond acceptors (Lipinski definition) is 2. The Morgan fingerprint density at radius 3 is 1.24 bits per heavy atom. The maximum atomic E-state index is 4.20. The van der Waals surface area contributed by atoms with E-state index < -0.39 is 0 Å². The van der Waals surface area contributed by atoms with Gasteiger partial charge in [-0.1, -0.05) is 0 Å². The Morgan fingerprint density at radius 2 is 1.24 bits per heavy atom. The van der Waals surface area contributed by atoms with Crippen LogP contribution in [0.15, 0.2) is 0 Å². The molecule has 0 unspecified atom stereocenters. The molecule has 111 valence electrons. The van der Waals surface area contributed by atoms with Crippen molar-refractivity contribution in [3.63, 3.8) is 0 Å². The second-order valence-electron chi connectivity index (χ2n) is 4.09. The quantitative estimate of drug-likeness (QED) is 0.190. The molecule has 0 aromatic rings. The van der Waals surface area contributed by atoms with Crippen molar-refractivity contribution in [1.82, 2.24) is 14.7 Å². The third-order valence-corrected chi connectivity index (χ3v) is 0.924. The first-order valence-electron chi connectivity index (χ1n) is 4.72. The van der Waals surface area contributed by atoms with Crippen LogP contribution in [-0.2, 0) is 15.1 Å². The minimum absolute atomic E-state index is 0. The van der Waals surface area contributed by atoms with Crippen LogP contribution in [0.2, 0.25) is 0 Å². The summed E-state index contributed by atoms with van der Waals surface area (Å²) in [6.07, 6.45) is 2.00. The molecule has 0 saturated carbocycles. The second kappa shape index (κ2) is 18.8. The zero-order valence-electron chi connectivity index (χ0n) is 12.0. The molecule has 0 saturated heterocycles. The monoisotopic (exact) mass is 335 g/mol. The van der Waals surface area contributed by atoms with Gasteiger partial charge in [0, 0.05) is 0 Å². The molecule has 4 nitrogen and oxygen atoms in total. The van der Waals surface area contributed by atoms with Crippen molar-refractivity contribution in [2.45, 2.75) is 0 Å². The number of nitrogens with zero attached hydrogens (tertiary/aromatic N) is 4. The van der Waals surface area contributed by atoms with Crippen LogP contribution < -0.4 is 12.4 Å². The van der Waals surface area contributed by atoms with E-state index in [0.717, 1.165) is 0 Å². The van der Waals surface area contributed by atoms with Crippen molar-refractivity contribution in [2.75, 3.05) is 56.4 Å². The molecule has 0 aliphatic heterocycles. The zero-order valence-corrected chi connectivity index (χ0v) is 14.5. The summed E-state index contributed by atoms with van der Waals surface area (Å²) in [5, 5.41) is 0. The molecule has 0 radical (unpaired) electrons. The van der Waals surface area contributed by atoms with Crippen molar-refractivity contribution in [3.8, 4) is 0 Å². The molecule has 0 amide bonds. The van der Waals surface area contributed by atoms with Gasteiger partial charge in [-0.25, -0.2) is 6.67 Å². The van der Waals surface area contributed by atoms with Gasteiger partial charge in [0.15, 0.2) is 0 Å². The average molecular weight is 337 g/mol. The molecule has 0 fully saturated rings. The second-order valence-corrected chi connectivity index (χ2v) is 4.09. The third kappa shape index (κ3) is 48.0. The third-order valence-electron chi connectivity index (χ3n) is 0.924. The Morgan fingerprint density at radius 1 is 0.941 bits per heavy atom. The normalized spacial score (nSPS) is 8.29. The van der Waals surface area contributed by atoms with Gasteiger partial charge < -0.3 is 22.2 Å². The van der Waals surface area contributed by atoms with Crippen LogP contribution in [0.25, 0.3) is 0 Å². The van der Waals surface area contributed by atoms with Crippen LogP contribution in [-0.4, -0.2) is 82.0 Å². The fourth-order valence-electron chi connectivity index (χ4n) is 0.924. The van der Waals surface area contributed by atoms with Crippen LogP contribution in [0.1, 0.15) is 0 Å². The molecule has 0 aliphatic carbocycles. The molecule has 0 aromatic carbocycles. The predicted molar refractivity (Wildman–Crippen MR) is 69.4 cm³/mol. The average Bonchev–Trinajstić information content (AvgIpc) is 2.03. The van der Waals surface area contributed by atoms with Crippen LogP contribution in [0.3, 0.4) is 0 Å². The summed E-state index contributed by atoms with van der Waals surface area (Å²) in [5.41, 5.74) is 0. The minimum atomic E-state index is 0. The molecule has 0 aliphatic rings. The molecular formula is C10H26Cl2CuN4. The van der Waals surface area contributed by atoms with Crippen molar-refractivity contribution < 1.29 is 32.1 Å². The summed E-state index contributed by atoms with van der Waals surface area (Å²) in [6.45, 7) is 2.00. The Hall–Kier alpha value is 0.489. The van der Waals surface area contributed by atoms with E-state index in [0.29, 0.717) is 0 Å². The molecule has 0 atom stereocenters. The van der Waals surface area contributed by atoms with Gasteiger partial charge in [0.2, 0.25) is 6.34 Å². The number of halogens is 2. The van der Waals surface area contributed by atoms with Gasteiger partial charge in [0.1, 0.15) is 0 Å². The van der Waals surface area contributed by atoms with Gasteiger partial charge in [0.25, 0.3) is 0 Å². The summed E-state index contributed by atoms with van der Waals surface area (Å²) >= 11 is 3.66. The summed E-state index contributed by atoms with van der Waals surface area (Å²) in [5.74, 6) is 0. The van der Waals surface area contributed by atoms with Crippen LogP contribution in [0, 0.1) is 6.67 Å². The topological polar surface area (TPSA) is 12.7 Å². The van der Waals surface area contributed by atoms with Crippen LogP contribution in [0.4, 0.5) is 0 Å². The van der Waals surface area contributed by atoms with Gasteiger partial charge in [0.05, 0.1) is 28.2 Å². The molecule has 0 bridgehead atoms. The summed E-state index contributed by atoms with van der Waals surface area (Å²) < 4.78 is 2.00. The standard InChI is InChI=1S/2C5H13N2.2ClH.Cu/c2*1-6(2)5-7(3)4;;;/h2*5H,1-4H3;2*1H;/q-1;+1;;;+2/p-2. The molecule has 0 heterocycles. The molecule has 17 heavy (non-hydrogen) atoms. The maximum absolute atomic E-state index is 4.20. The van der Waals surface area contributed by atoms with Crippen LogP contribution >= 0.6 is 10.1 Å². The van der Waals surface area contributed by atoms with Crippen LogP contribution in [0.5, 0.6) is 0 Å². The van der Waals surface area contributed by atoms with E-state index in [1.165, 1.54) is 0 Å². The first-order valence-corrected chi connectivity index (χ1v) is 6.02. The van der Waals surface area contributed by atoms with E-state index in [4.69, 9.17) is 0 Å².